The van der Waals surface area contributed by atoms with E-state index in [1.54, 1.807) is 12.1 Å². The topological polar surface area (TPSA) is 131 Å². The minimum absolute atomic E-state index is 0.0612. The van der Waals surface area contributed by atoms with Crippen LogP contribution in [-0.4, -0.2) is 74.3 Å². The highest BCUT2D eigenvalue weighted by Crippen LogP contribution is 2.31. The van der Waals surface area contributed by atoms with E-state index in [1.165, 1.54) is 10.7 Å². The van der Waals surface area contributed by atoms with Gasteiger partial charge in [-0.1, -0.05) is 19.3 Å². The lowest BCUT2D eigenvalue weighted by molar-refractivity contribution is 0.0730. The van der Waals surface area contributed by atoms with Gasteiger partial charge in [0.1, 0.15) is 11.6 Å². The number of nitrogens with one attached hydrogen (secondary N) is 3. The SMILES string of the molecule is N=Cc1c(NC2CCCCC2)nc(C2CN(c3ccc(S(=O)(=O)N4CCOCC4)cc3)C2)[nH]c1=O. The number of sulfonamides is 1. The fourth-order valence-corrected chi connectivity index (χ4v) is 6.41. The summed E-state index contributed by atoms with van der Waals surface area (Å²) >= 11 is 0. The van der Waals surface area contributed by atoms with Gasteiger partial charge < -0.3 is 25.3 Å². The molecular formula is C24H32N6O4S. The highest BCUT2D eigenvalue weighted by atomic mass is 32.2. The minimum Gasteiger partial charge on any atom is -0.379 e. The molecule has 10 nitrogen and oxygen atoms in total. The molecule has 2 aromatic rings. The summed E-state index contributed by atoms with van der Waals surface area (Å²) < 4.78 is 32.4. The van der Waals surface area contributed by atoms with Gasteiger partial charge in [0, 0.05) is 44.1 Å². The second kappa shape index (κ2) is 10.1. The van der Waals surface area contributed by atoms with Crippen LogP contribution < -0.4 is 15.8 Å². The largest absolute Gasteiger partial charge is 0.379 e. The fraction of sp³-hybridized carbons (Fsp3) is 0.542. The average molecular weight is 501 g/mol. The van der Waals surface area contributed by atoms with Crippen molar-refractivity contribution in [2.24, 2.45) is 0 Å². The number of hydrogen-bond acceptors (Lipinski definition) is 8. The van der Waals surface area contributed by atoms with Crippen LogP contribution in [0.5, 0.6) is 0 Å². The van der Waals surface area contributed by atoms with Gasteiger partial charge in [-0.15, -0.1) is 0 Å². The lowest BCUT2D eigenvalue weighted by atomic mass is 9.95. The molecule has 11 heteroatoms. The first-order valence-corrected chi connectivity index (χ1v) is 13.7. The maximum atomic E-state index is 12.8. The summed E-state index contributed by atoms with van der Waals surface area (Å²) in [6, 6.07) is 7.24. The normalized spacial score (nSPS) is 20.4. The summed E-state index contributed by atoms with van der Waals surface area (Å²) in [6.45, 7) is 2.92. The molecule has 1 saturated carbocycles. The van der Waals surface area contributed by atoms with Crippen LogP contribution in [0.1, 0.15) is 49.4 Å². The summed E-state index contributed by atoms with van der Waals surface area (Å²) in [5.74, 6) is 1.19. The smallest absolute Gasteiger partial charge is 0.261 e. The number of aromatic nitrogens is 2. The molecule has 1 aromatic carbocycles. The van der Waals surface area contributed by atoms with Gasteiger partial charge in [-0.05, 0) is 37.1 Å². The number of ether oxygens (including phenoxy) is 1. The van der Waals surface area contributed by atoms with Crippen molar-refractivity contribution in [1.82, 2.24) is 14.3 Å². The van der Waals surface area contributed by atoms with E-state index in [0.29, 0.717) is 51.0 Å². The van der Waals surface area contributed by atoms with Crippen LogP contribution in [0.25, 0.3) is 0 Å². The van der Waals surface area contributed by atoms with Gasteiger partial charge in [0.05, 0.1) is 29.6 Å². The standard InChI is InChI=1S/C24H32N6O4S/c25-14-21-23(26-18-4-2-1-3-5-18)27-22(28-24(21)31)17-15-29(16-17)19-6-8-20(9-7-19)35(32,33)30-10-12-34-13-11-30/h6-9,14,17-18,25H,1-5,10-13,15-16H2,(H2,26,27,28,31). The van der Waals surface area contributed by atoms with Crippen LogP contribution in [0.3, 0.4) is 0 Å². The Bertz CT molecular complexity index is 1210. The van der Waals surface area contributed by atoms with Crippen LogP contribution >= 0.6 is 0 Å². The average Bonchev–Trinajstić information content (AvgIpc) is 2.85. The quantitative estimate of drug-likeness (QED) is 0.496. The molecule has 35 heavy (non-hydrogen) atoms. The Labute approximate surface area is 205 Å². The van der Waals surface area contributed by atoms with Crippen molar-refractivity contribution < 1.29 is 13.2 Å². The van der Waals surface area contributed by atoms with E-state index in [4.69, 9.17) is 15.1 Å². The number of H-pyrrole nitrogens is 1. The first-order valence-electron chi connectivity index (χ1n) is 12.3. The molecule has 3 N–H and O–H groups in total. The van der Waals surface area contributed by atoms with Gasteiger partial charge in [0.25, 0.3) is 5.56 Å². The van der Waals surface area contributed by atoms with Crippen LogP contribution in [-0.2, 0) is 14.8 Å². The van der Waals surface area contributed by atoms with Crippen LogP contribution in [0.2, 0.25) is 0 Å². The van der Waals surface area contributed by atoms with E-state index in [2.05, 4.69) is 15.2 Å². The Kier molecular flexibility index (Phi) is 6.90. The fourth-order valence-electron chi connectivity index (χ4n) is 5.00. The highest BCUT2D eigenvalue weighted by molar-refractivity contribution is 7.89. The maximum Gasteiger partial charge on any atom is 0.261 e. The molecule has 3 aliphatic rings. The van der Waals surface area contributed by atoms with Crippen molar-refractivity contribution in [3.05, 3.63) is 46.0 Å². The zero-order chi connectivity index (χ0) is 24.4. The van der Waals surface area contributed by atoms with Crippen molar-refractivity contribution >= 4 is 27.7 Å². The lowest BCUT2D eigenvalue weighted by Gasteiger charge is -2.40. The summed E-state index contributed by atoms with van der Waals surface area (Å²) in [4.78, 5) is 22.6. The molecule has 0 unspecified atom stereocenters. The summed E-state index contributed by atoms with van der Waals surface area (Å²) in [6.07, 6.45) is 6.74. The molecule has 5 rings (SSSR count). The van der Waals surface area contributed by atoms with E-state index in [0.717, 1.165) is 37.6 Å². The second-order valence-corrected chi connectivity index (χ2v) is 11.4. The third kappa shape index (κ3) is 4.98. The van der Waals surface area contributed by atoms with Crippen LogP contribution in [0.4, 0.5) is 11.5 Å². The van der Waals surface area contributed by atoms with Crippen molar-refractivity contribution in [2.75, 3.05) is 49.6 Å². The molecule has 0 atom stereocenters. The van der Waals surface area contributed by atoms with Crippen LogP contribution in [0.15, 0.2) is 34.0 Å². The summed E-state index contributed by atoms with van der Waals surface area (Å²) in [5.41, 5.74) is 0.910. The maximum absolute atomic E-state index is 12.8. The highest BCUT2D eigenvalue weighted by Gasteiger charge is 2.32. The number of hydrogen-bond donors (Lipinski definition) is 3. The Hall–Kier alpha value is -2.76. The molecule has 3 fully saturated rings. The summed E-state index contributed by atoms with van der Waals surface area (Å²) in [5, 5.41) is 11.1. The molecule has 0 amide bonds. The lowest BCUT2D eigenvalue weighted by Crippen LogP contribution is -2.46. The van der Waals surface area contributed by atoms with Crippen molar-refractivity contribution in [1.29, 1.82) is 5.41 Å². The number of morpholine rings is 1. The van der Waals surface area contributed by atoms with E-state index < -0.39 is 10.0 Å². The summed E-state index contributed by atoms with van der Waals surface area (Å²) in [7, 11) is -3.52. The molecule has 3 heterocycles. The molecule has 2 aliphatic heterocycles. The second-order valence-electron chi connectivity index (χ2n) is 9.45. The van der Waals surface area contributed by atoms with Gasteiger partial charge in [-0.3, -0.25) is 4.79 Å². The van der Waals surface area contributed by atoms with Gasteiger partial charge in [-0.25, -0.2) is 13.4 Å². The van der Waals surface area contributed by atoms with E-state index in [9.17, 15) is 13.2 Å². The number of rotatable bonds is 7. The Balaban J connectivity index is 1.26. The third-order valence-electron chi connectivity index (χ3n) is 7.14. The molecule has 2 saturated heterocycles. The van der Waals surface area contributed by atoms with Gasteiger partial charge in [0.2, 0.25) is 10.0 Å². The predicted octanol–water partition coefficient (Wildman–Crippen LogP) is 2.14. The zero-order valence-corrected chi connectivity index (χ0v) is 20.5. The van der Waals surface area contributed by atoms with Gasteiger partial charge in [0.15, 0.2) is 0 Å². The number of aromatic amines is 1. The first-order chi connectivity index (χ1) is 17.0. The number of benzene rings is 1. The predicted molar refractivity (Wildman–Crippen MR) is 134 cm³/mol. The van der Waals surface area contributed by atoms with E-state index >= 15 is 0 Å². The Morgan fingerprint density at radius 1 is 1.09 bits per heavy atom. The minimum atomic E-state index is -3.52. The molecular weight excluding hydrogens is 468 g/mol. The van der Waals surface area contributed by atoms with Crippen molar-refractivity contribution in [3.63, 3.8) is 0 Å². The molecule has 1 aromatic heterocycles. The Morgan fingerprint density at radius 2 is 1.77 bits per heavy atom. The zero-order valence-electron chi connectivity index (χ0n) is 19.7. The molecule has 0 radical (unpaired) electrons. The van der Waals surface area contributed by atoms with E-state index in [1.807, 2.05) is 12.1 Å². The molecule has 0 spiro atoms. The monoisotopic (exact) mass is 500 g/mol. The van der Waals surface area contributed by atoms with Crippen LogP contribution in [0, 0.1) is 5.41 Å². The molecule has 0 bridgehead atoms. The van der Waals surface area contributed by atoms with Crippen molar-refractivity contribution in [3.8, 4) is 0 Å². The molecule has 188 valence electrons. The Morgan fingerprint density at radius 3 is 2.43 bits per heavy atom. The molecule has 1 aliphatic carbocycles. The number of anilines is 2. The van der Waals surface area contributed by atoms with Gasteiger partial charge >= 0.3 is 0 Å². The first kappa shape index (κ1) is 24.0. The van der Waals surface area contributed by atoms with Crippen molar-refractivity contribution in [2.45, 2.75) is 49.0 Å². The van der Waals surface area contributed by atoms with E-state index in [-0.39, 0.29) is 28.0 Å². The third-order valence-corrected chi connectivity index (χ3v) is 9.05. The van der Waals surface area contributed by atoms with Gasteiger partial charge in [-0.2, -0.15) is 4.31 Å². The number of nitrogens with zero attached hydrogens (tertiary/aromatic N) is 3.